The van der Waals surface area contributed by atoms with Gasteiger partial charge in [0, 0.05) is 6.54 Å². The van der Waals surface area contributed by atoms with Crippen LogP contribution in [0.15, 0.2) is 18.2 Å². The summed E-state index contributed by atoms with van der Waals surface area (Å²) >= 11 is 0. The molecule has 63 valence electrons. The molecule has 0 aliphatic carbocycles. The van der Waals surface area contributed by atoms with Gasteiger partial charge in [0.1, 0.15) is 0 Å². The number of hydrogen-bond donors (Lipinski definition) is 2. The van der Waals surface area contributed by atoms with E-state index in [1.807, 2.05) is 18.2 Å². The Bertz CT molecular complexity index is 267. The van der Waals surface area contributed by atoms with E-state index in [1.165, 1.54) is 0 Å². The smallest absolute Gasteiger partial charge is 0.327 e. The van der Waals surface area contributed by atoms with E-state index >= 15 is 0 Å². The molecule has 0 aliphatic heterocycles. The highest BCUT2D eigenvalue weighted by atomic mass is 31.0. The van der Waals surface area contributed by atoms with Crippen molar-refractivity contribution in [2.75, 3.05) is 0 Å². The molecule has 0 bridgehead atoms. The Kier molecular flexibility index (Phi) is 3.73. The molecule has 3 N–H and O–H groups in total. The maximum absolute atomic E-state index is 8.85. The van der Waals surface area contributed by atoms with E-state index in [1.54, 1.807) is 0 Å². The van der Waals surface area contributed by atoms with Gasteiger partial charge in [-0.15, -0.1) is 9.24 Å². The van der Waals surface area contributed by atoms with Crippen LogP contribution < -0.4 is 11.2 Å². The van der Waals surface area contributed by atoms with Gasteiger partial charge in [0.15, 0.2) is 0 Å². The molecule has 1 radical (unpaired) electrons. The van der Waals surface area contributed by atoms with Crippen molar-refractivity contribution < 1.29 is 5.02 Å². The van der Waals surface area contributed by atoms with Crippen molar-refractivity contribution >= 4 is 22.2 Å². The van der Waals surface area contributed by atoms with Crippen LogP contribution in [0.3, 0.4) is 0 Å². The van der Waals surface area contributed by atoms with Gasteiger partial charge in [-0.05, 0) is 17.3 Å². The molecule has 0 heterocycles. The first-order valence-electron chi connectivity index (χ1n) is 3.81. The van der Waals surface area contributed by atoms with Crippen LogP contribution in [0.25, 0.3) is 0 Å². The molecular weight excluding hydrogens is 168 g/mol. The zero-order valence-corrected chi connectivity index (χ0v) is 7.98. The number of hydrogen-bond acceptors (Lipinski definition) is 2. The van der Waals surface area contributed by atoms with Crippen LogP contribution in [0.4, 0.5) is 0 Å². The van der Waals surface area contributed by atoms with Gasteiger partial charge in [0.25, 0.3) is 0 Å². The Morgan fingerprint density at radius 1 is 1.50 bits per heavy atom. The minimum Gasteiger partial charge on any atom is -0.450 e. The Labute approximate surface area is 75.6 Å². The summed E-state index contributed by atoms with van der Waals surface area (Å²) in [6, 6.07) is 5.81. The van der Waals surface area contributed by atoms with Gasteiger partial charge in [-0.1, -0.05) is 23.7 Å². The van der Waals surface area contributed by atoms with Gasteiger partial charge in [0.05, 0.1) is 0 Å². The largest absolute Gasteiger partial charge is 0.450 e. The van der Waals surface area contributed by atoms with Gasteiger partial charge >= 0.3 is 7.48 Å². The summed E-state index contributed by atoms with van der Waals surface area (Å²) in [6.07, 6.45) is 0.834. The highest BCUT2D eigenvalue weighted by Gasteiger charge is 2.01. The molecule has 0 fully saturated rings. The average molecular weight is 180 g/mol. The fraction of sp³-hybridized carbons (Fsp3) is 0.250. The van der Waals surface area contributed by atoms with Crippen LogP contribution in [-0.4, -0.2) is 12.5 Å². The first-order chi connectivity index (χ1) is 5.81. The van der Waals surface area contributed by atoms with E-state index in [-0.39, 0.29) is 0 Å². The summed E-state index contributed by atoms with van der Waals surface area (Å²) in [5.41, 5.74) is 8.55. The highest BCUT2D eigenvalue weighted by molar-refractivity contribution is 7.15. The summed E-state index contributed by atoms with van der Waals surface area (Å²) in [5, 5.41) is 8.85. The molecule has 1 atom stereocenters. The third-order valence-corrected chi connectivity index (χ3v) is 2.24. The Morgan fingerprint density at radius 3 is 2.75 bits per heavy atom. The van der Waals surface area contributed by atoms with Gasteiger partial charge in [-0.25, -0.2) is 0 Å². The van der Waals surface area contributed by atoms with Crippen molar-refractivity contribution in [3.63, 3.8) is 0 Å². The first kappa shape index (κ1) is 9.72. The van der Waals surface area contributed by atoms with Crippen molar-refractivity contribution in [2.24, 2.45) is 5.73 Å². The van der Waals surface area contributed by atoms with Crippen molar-refractivity contribution in [3.8, 4) is 0 Å². The maximum atomic E-state index is 8.85. The van der Waals surface area contributed by atoms with Gasteiger partial charge in [0.2, 0.25) is 0 Å². The number of benzene rings is 1. The second-order valence-electron chi connectivity index (χ2n) is 2.57. The predicted molar refractivity (Wildman–Crippen MR) is 55.4 cm³/mol. The average Bonchev–Trinajstić information content (AvgIpc) is 2.16. The van der Waals surface area contributed by atoms with Gasteiger partial charge in [-0.3, -0.25) is 0 Å². The predicted octanol–water partition coefficient (Wildman–Crippen LogP) is -0.243. The van der Waals surface area contributed by atoms with Crippen LogP contribution in [0, 0.1) is 0 Å². The minimum absolute atomic E-state index is 0.545. The molecule has 1 rings (SSSR count). The Balaban J connectivity index is 3.02. The van der Waals surface area contributed by atoms with Crippen molar-refractivity contribution in [3.05, 3.63) is 29.3 Å². The molecule has 0 saturated carbocycles. The lowest BCUT2D eigenvalue weighted by molar-refractivity contribution is 0.615. The molecule has 0 amide bonds. The monoisotopic (exact) mass is 180 g/mol. The van der Waals surface area contributed by atoms with Crippen molar-refractivity contribution in [2.45, 2.75) is 12.7 Å². The zero-order valence-electron chi connectivity index (χ0n) is 6.83. The SMILES string of the molecule is NCc1ccc([B]O)c(CP)c1. The van der Waals surface area contributed by atoms with Crippen LogP contribution in [0.1, 0.15) is 11.1 Å². The summed E-state index contributed by atoms with van der Waals surface area (Å²) in [7, 11) is 3.75. The van der Waals surface area contributed by atoms with Gasteiger partial charge < -0.3 is 10.8 Å². The topological polar surface area (TPSA) is 46.2 Å². The van der Waals surface area contributed by atoms with Crippen LogP contribution in [0.2, 0.25) is 0 Å². The second-order valence-corrected chi connectivity index (χ2v) is 2.98. The summed E-state index contributed by atoms with van der Waals surface area (Å²) in [6.45, 7) is 0.545. The Hall–Kier alpha value is -0.365. The van der Waals surface area contributed by atoms with E-state index in [9.17, 15) is 0 Å². The summed E-state index contributed by atoms with van der Waals surface area (Å²) < 4.78 is 0. The lowest BCUT2D eigenvalue weighted by atomic mass is 9.84. The normalized spacial score (nSPS) is 9.92. The van der Waals surface area contributed by atoms with E-state index in [2.05, 4.69) is 9.24 Å². The highest BCUT2D eigenvalue weighted by Crippen LogP contribution is 2.06. The Morgan fingerprint density at radius 2 is 2.25 bits per heavy atom. The van der Waals surface area contributed by atoms with Crippen molar-refractivity contribution in [1.82, 2.24) is 0 Å². The quantitative estimate of drug-likeness (QED) is 0.497. The third kappa shape index (κ3) is 2.07. The molecule has 1 aromatic rings. The lowest BCUT2D eigenvalue weighted by Crippen LogP contribution is -2.18. The summed E-state index contributed by atoms with van der Waals surface area (Å²) in [4.78, 5) is 0. The van der Waals surface area contributed by atoms with Crippen LogP contribution in [0.5, 0.6) is 0 Å². The number of rotatable bonds is 3. The van der Waals surface area contributed by atoms with E-state index in [0.29, 0.717) is 6.54 Å². The molecular formula is C8H12BNOP. The van der Waals surface area contributed by atoms with Crippen molar-refractivity contribution in [1.29, 1.82) is 0 Å². The summed E-state index contributed by atoms with van der Waals surface area (Å²) in [5.74, 6) is 0. The van der Waals surface area contributed by atoms with E-state index < -0.39 is 0 Å². The minimum atomic E-state index is 0.545. The zero-order chi connectivity index (χ0) is 8.97. The molecule has 0 saturated heterocycles. The van der Waals surface area contributed by atoms with Gasteiger partial charge in [-0.2, -0.15) is 0 Å². The molecule has 4 heteroatoms. The number of nitrogens with two attached hydrogens (primary N) is 1. The lowest BCUT2D eigenvalue weighted by Gasteiger charge is -2.05. The molecule has 1 unspecified atom stereocenters. The molecule has 0 aliphatic rings. The molecule has 0 aromatic heterocycles. The fourth-order valence-corrected chi connectivity index (χ4v) is 1.44. The fourth-order valence-electron chi connectivity index (χ4n) is 1.09. The first-order valence-corrected chi connectivity index (χ1v) is 4.63. The molecule has 12 heavy (non-hydrogen) atoms. The second kappa shape index (κ2) is 4.61. The third-order valence-electron chi connectivity index (χ3n) is 1.80. The maximum Gasteiger partial charge on any atom is 0.327 e. The van der Waals surface area contributed by atoms with E-state index in [4.69, 9.17) is 10.8 Å². The molecule has 1 aromatic carbocycles. The standard InChI is InChI=1S/C8H12BNOP/c10-4-6-1-2-8(9-11)7(3-6)5-12/h1-3,11H,4-5,10,12H2. The molecule has 0 spiro atoms. The van der Waals surface area contributed by atoms with E-state index in [0.717, 1.165) is 30.2 Å². The van der Waals surface area contributed by atoms with Crippen LogP contribution in [-0.2, 0) is 12.7 Å². The molecule has 2 nitrogen and oxygen atoms in total. The van der Waals surface area contributed by atoms with Crippen LogP contribution >= 0.6 is 9.24 Å².